The Hall–Kier alpha value is -2.77. The summed E-state index contributed by atoms with van der Waals surface area (Å²) in [7, 11) is 1.73. The van der Waals surface area contributed by atoms with E-state index in [2.05, 4.69) is 63.7 Å². The van der Waals surface area contributed by atoms with Gasteiger partial charge in [-0.3, -0.25) is 4.98 Å². The molecule has 1 saturated heterocycles. The van der Waals surface area contributed by atoms with Crippen molar-refractivity contribution < 1.29 is 4.74 Å². The highest BCUT2D eigenvalue weighted by molar-refractivity contribution is 7.80. The SMILES string of the molecule is COCCCN1C(=S)N[C@@H](c2ccccn2)[C@@H]1c1cc(C)n(-c2ncccc2C)c1C. The Bertz CT molecular complexity index is 1070. The highest BCUT2D eigenvalue weighted by Gasteiger charge is 2.41. The number of aromatic nitrogens is 3. The molecule has 3 aromatic heterocycles. The smallest absolute Gasteiger partial charge is 0.170 e. The number of pyridine rings is 2. The Morgan fingerprint density at radius 2 is 1.90 bits per heavy atom. The standard InChI is InChI=1S/C24H29N5OS/c1-16-9-7-12-26-23(16)29-17(2)15-19(18(29)3)22-21(20-10-5-6-11-25-20)27-24(31)28(22)13-8-14-30-4/h5-7,9-12,15,21-22H,8,13-14H2,1-4H3,(H,27,31)/t21-,22-/m0/s1. The molecule has 4 heterocycles. The van der Waals surface area contributed by atoms with Crippen LogP contribution in [-0.2, 0) is 4.74 Å². The molecule has 1 aliphatic rings. The van der Waals surface area contributed by atoms with E-state index in [4.69, 9.17) is 17.0 Å². The van der Waals surface area contributed by atoms with E-state index in [1.807, 2.05) is 30.6 Å². The number of hydrogen-bond acceptors (Lipinski definition) is 4. The van der Waals surface area contributed by atoms with Gasteiger partial charge in [0.15, 0.2) is 5.11 Å². The molecule has 0 amide bonds. The topological polar surface area (TPSA) is 55.2 Å². The van der Waals surface area contributed by atoms with E-state index in [-0.39, 0.29) is 12.1 Å². The lowest BCUT2D eigenvalue weighted by molar-refractivity contribution is 0.180. The molecular formula is C24H29N5OS. The molecular weight excluding hydrogens is 406 g/mol. The third-order valence-electron chi connectivity index (χ3n) is 5.93. The van der Waals surface area contributed by atoms with Crippen LogP contribution >= 0.6 is 12.2 Å². The van der Waals surface area contributed by atoms with Gasteiger partial charge in [-0.1, -0.05) is 12.1 Å². The van der Waals surface area contributed by atoms with E-state index in [9.17, 15) is 0 Å². The number of methoxy groups -OCH3 is 1. The Labute approximate surface area is 189 Å². The van der Waals surface area contributed by atoms with Crippen LogP contribution in [0.1, 0.15) is 46.7 Å². The van der Waals surface area contributed by atoms with Gasteiger partial charge in [-0.25, -0.2) is 4.98 Å². The summed E-state index contributed by atoms with van der Waals surface area (Å²) in [5, 5.41) is 4.29. The molecule has 1 aliphatic heterocycles. The molecule has 31 heavy (non-hydrogen) atoms. The fourth-order valence-electron chi connectivity index (χ4n) is 4.49. The second-order valence-electron chi connectivity index (χ2n) is 7.97. The molecule has 0 bridgehead atoms. The normalized spacial score (nSPS) is 18.5. The van der Waals surface area contributed by atoms with Crippen LogP contribution in [0.15, 0.2) is 48.8 Å². The maximum absolute atomic E-state index is 5.77. The number of thiocarbonyl (C=S) groups is 1. The molecule has 1 N–H and O–H groups in total. The Balaban J connectivity index is 1.80. The third-order valence-corrected chi connectivity index (χ3v) is 6.28. The van der Waals surface area contributed by atoms with Crippen molar-refractivity contribution in [2.75, 3.05) is 20.3 Å². The Morgan fingerprint density at radius 3 is 2.61 bits per heavy atom. The molecule has 0 radical (unpaired) electrons. The zero-order chi connectivity index (χ0) is 22.0. The fraction of sp³-hybridized carbons (Fsp3) is 0.375. The van der Waals surface area contributed by atoms with Crippen molar-refractivity contribution in [3.63, 3.8) is 0 Å². The molecule has 0 unspecified atom stereocenters. The molecule has 7 heteroatoms. The van der Waals surface area contributed by atoms with Crippen LogP contribution in [0.5, 0.6) is 0 Å². The maximum atomic E-state index is 5.77. The van der Waals surface area contributed by atoms with Crippen LogP contribution in [0, 0.1) is 20.8 Å². The van der Waals surface area contributed by atoms with Gasteiger partial charge in [-0.05, 0) is 74.8 Å². The minimum Gasteiger partial charge on any atom is -0.385 e. The van der Waals surface area contributed by atoms with Crippen LogP contribution in [0.25, 0.3) is 5.82 Å². The maximum Gasteiger partial charge on any atom is 0.170 e. The quantitative estimate of drug-likeness (QED) is 0.443. The van der Waals surface area contributed by atoms with Crippen LogP contribution in [0.4, 0.5) is 0 Å². The molecule has 0 spiro atoms. The molecule has 0 aliphatic carbocycles. The first-order valence-corrected chi connectivity index (χ1v) is 11.0. The van der Waals surface area contributed by atoms with Gasteiger partial charge in [0.2, 0.25) is 0 Å². The molecule has 3 aromatic rings. The van der Waals surface area contributed by atoms with E-state index >= 15 is 0 Å². The van der Waals surface area contributed by atoms with Gasteiger partial charge in [0, 0.05) is 44.0 Å². The first-order valence-electron chi connectivity index (χ1n) is 10.6. The lowest BCUT2D eigenvalue weighted by Gasteiger charge is -2.28. The number of ether oxygens (including phenoxy) is 1. The number of hydrogen-bond donors (Lipinski definition) is 1. The van der Waals surface area contributed by atoms with E-state index in [1.165, 1.54) is 11.3 Å². The minimum absolute atomic E-state index is 0.0185. The molecule has 162 valence electrons. The third kappa shape index (κ3) is 4.07. The van der Waals surface area contributed by atoms with Crippen LogP contribution < -0.4 is 5.32 Å². The molecule has 0 aromatic carbocycles. The molecule has 0 saturated carbocycles. The monoisotopic (exact) mass is 435 g/mol. The Morgan fingerprint density at radius 1 is 1.10 bits per heavy atom. The van der Waals surface area contributed by atoms with Gasteiger partial charge in [0.25, 0.3) is 0 Å². The van der Waals surface area contributed by atoms with Crippen LogP contribution in [0.3, 0.4) is 0 Å². The molecule has 1 fully saturated rings. The molecule has 6 nitrogen and oxygen atoms in total. The van der Waals surface area contributed by atoms with Gasteiger partial charge in [0.1, 0.15) is 5.82 Å². The summed E-state index contributed by atoms with van der Waals surface area (Å²) in [6.45, 7) is 7.92. The summed E-state index contributed by atoms with van der Waals surface area (Å²) < 4.78 is 7.54. The first kappa shape index (κ1) is 21.5. The number of nitrogens with one attached hydrogen (secondary N) is 1. The average molecular weight is 436 g/mol. The summed E-state index contributed by atoms with van der Waals surface area (Å²) in [5.41, 5.74) is 5.71. The summed E-state index contributed by atoms with van der Waals surface area (Å²) in [6.07, 6.45) is 4.59. The predicted molar refractivity (Wildman–Crippen MR) is 126 cm³/mol. The number of rotatable bonds is 7. The van der Waals surface area contributed by atoms with Crippen molar-refractivity contribution >= 4 is 17.3 Å². The largest absolute Gasteiger partial charge is 0.385 e. The lowest BCUT2D eigenvalue weighted by atomic mass is 9.96. The van der Waals surface area contributed by atoms with Gasteiger partial charge in [-0.2, -0.15) is 0 Å². The highest BCUT2D eigenvalue weighted by Crippen LogP contribution is 2.41. The van der Waals surface area contributed by atoms with Crippen molar-refractivity contribution in [3.8, 4) is 5.82 Å². The minimum atomic E-state index is -0.0185. The lowest BCUT2D eigenvalue weighted by Crippen LogP contribution is -2.31. The zero-order valence-electron chi connectivity index (χ0n) is 18.5. The van der Waals surface area contributed by atoms with Crippen molar-refractivity contribution in [3.05, 3.63) is 77.0 Å². The highest BCUT2D eigenvalue weighted by atomic mass is 32.1. The second kappa shape index (κ2) is 9.16. The molecule has 4 rings (SSSR count). The van der Waals surface area contributed by atoms with Crippen molar-refractivity contribution in [2.45, 2.75) is 39.3 Å². The number of nitrogens with zero attached hydrogens (tertiary/aromatic N) is 4. The van der Waals surface area contributed by atoms with E-state index in [0.29, 0.717) is 6.61 Å². The van der Waals surface area contributed by atoms with Crippen LogP contribution in [-0.4, -0.2) is 44.8 Å². The van der Waals surface area contributed by atoms with Gasteiger partial charge >= 0.3 is 0 Å². The summed E-state index contributed by atoms with van der Waals surface area (Å²) >= 11 is 5.77. The molecule has 2 atom stereocenters. The summed E-state index contributed by atoms with van der Waals surface area (Å²) in [6, 6.07) is 12.4. The van der Waals surface area contributed by atoms with Crippen molar-refractivity contribution in [1.29, 1.82) is 0 Å². The van der Waals surface area contributed by atoms with Crippen molar-refractivity contribution in [2.24, 2.45) is 0 Å². The van der Waals surface area contributed by atoms with E-state index < -0.39 is 0 Å². The van der Waals surface area contributed by atoms with E-state index in [0.717, 1.165) is 40.8 Å². The second-order valence-corrected chi connectivity index (χ2v) is 8.36. The van der Waals surface area contributed by atoms with Crippen LogP contribution in [0.2, 0.25) is 0 Å². The summed E-state index contributed by atoms with van der Waals surface area (Å²) in [4.78, 5) is 11.6. The fourth-order valence-corrected chi connectivity index (χ4v) is 4.82. The predicted octanol–water partition coefficient (Wildman–Crippen LogP) is 4.20. The van der Waals surface area contributed by atoms with Gasteiger partial charge < -0.3 is 19.5 Å². The van der Waals surface area contributed by atoms with Gasteiger partial charge in [-0.15, -0.1) is 0 Å². The summed E-state index contributed by atoms with van der Waals surface area (Å²) in [5.74, 6) is 0.970. The first-order chi connectivity index (χ1) is 15.0. The van der Waals surface area contributed by atoms with Crippen molar-refractivity contribution in [1.82, 2.24) is 24.8 Å². The van der Waals surface area contributed by atoms with E-state index in [1.54, 1.807) is 7.11 Å². The Kier molecular flexibility index (Phi) is 6.34. The van der Waals surface area contributed by atoms with Gasteiger partial charge in [0.05, 0.1) is 17.8 Å². The number of aryl methyl sites for hydroxylation is 2. The zero-order valence-corrected chi connectivity index (χ0v) is 19.3. The average Bonchev–Trinajstić information content (AvgIpc) is 3.25.